The maximum Gasteiger partial charge on any atom is 0.425 e. The summed E-state index contributed by atoms with van der Waals surface area (Å²) in [4.78, 5) is 7.77. The van der Waals surface area contributed by atoms with E-state index in [-0.39, 0.29) is 17.2 Å². The summed E-state index contributed by atoms with van der Waals surface area (Å²) < 4.78 is 64.8. The molecule has 0 spiro atoms. The molecule has 0 fully saturated rings. The lowest BCUT2D eigenvalue weighted by molar-refractivity contribution is -0.209. The Labute approximate surface area is 165 Å². The van der Waals surface area contributed by atoms with E-state index in [0.717, 1.165) is 12.1 Å². The number of amidine groups is 1. The highest BCUT2D eigenvalue weighted by Gasteiger charge is 2.51. The molecule has 2 atom stereocenters. The lowest BCUT2D eigenvalue weighted by Crippen LogP contribution is -2.48. The van der Waals surface area contributed by atoms with E-state index in [9.17, 15) is 22.7 Å². The van der Waals surface area contributed by atoms with Crippen molar-refractivity contribution in [1.29, 1.82) is 0 Å². The van der Waals surface area contributed by atoms with Crippen LogP contribution in [0, 0.1) is 5.82 Å². The van der Waals surface area contributed by atoms with Crippen molar-refractivity contribution in [2.24, 2.45) is 10.7 Å². The molecule has 1 aromatic carbocycles. The van der Waals surface area contributed by atoms with Gasteiger partial charge in [0.05, 0.1) is 6.61 Å². The Morgan fingerprint density at radius 3 is 2.71 bits per heavy atom. The Bertz CT molecular complexity index is 909. The number of pyridine rings is 1. The van der Waals surface area contributed by atoms with Gasteiger partial charge in [0, 0.05) is 28.7 Å². The van der Waals surface area contributed by atoms with Crippen LogP contribution in [0.25, 0.3) is 0 Å². The Kier molecular flexibility index (Phi) is 5.48. The number of rotatable bonds is 4. The number of halogens is 5. The van der Waals surface area contributed by atoms with E-state index in [1.807, 2.05) is 0 Å². The second kappa shape index (κ2) is 7.55. The molecule has 1 aromatic heterocycles. The molecular weight excluding hydrogens is 450 g/mol. The van der Waals surface area contributed by atoms with Crippen molar-refractivity contribution in [3.63, 3.8) is 0 Å². The zero-order valence-electron chi connectivity index (χ0n) is 14.1. The van der Waals surface area contributed by atoms with Crippen molar-refractivity contribution in [2.75, 3.05) is 6.61 Å². The summed E-state index contributed by atoms with van der Waals surface area (Å²) in [6, 6.07) is 5.87. The minimum absolute atomic E-state index is 0.0960. The lowest BCUT2D eigenvalue weighted by atomic mass is 9.84. The van der Waals surface area contributed by atoms with Crippen LogP contribution in [0.2, 0.25) is 0 Å². The number of aliphatic hydroxyl groups is 1. The normalized spacial score (nSPS) is 22.4. The molecule has 6 nitrogen and oxygen atoms in total. The van der Waals surface area contributed by atoms with Gasteiger partial charge in [-0.05, 0) is 24.3 Å². The summed E-state index contributed by atoms with van der Waals surface area (Å²) in [5, 5.41) is 9.83. The summed E-state index contributed by atoms with van der Waals surface area (Å²) in [6.07, 6.45) is -6.49. The summed E-state index contributed by atoms with van der Waals surface area (Å²) >= 11 is 3.25. The zero-order chi connectivity index (χ0) is 20.5. The molecule has 150 valence electrons. The standard InChI is InChI=1S/C17H14BrF4N3O3/c18-9-3-4-24-14(5-9)27-10-1-2-12(19)11(6-10)16(8-26)7-13(17(20,21)22)28-15(23)25-16/h1-6,13,26H,7-8H2,(H2,23,25)/t13-,16+/m0/s1. The van der Waals surface area contributed by atoms with Gasteiger partial charge in [-0.25, -0.2) is 14.4 Å². The Balaban J connectivity index is 2.01. The van der Waals surface area contributed by atoms with E-state index in [1.165, 1.54) is 12.3 Å². The molecule has 0 saturated heterocycles. The third-order valence-electron chi connectivity index (χ3n) is 4.10. The number of ether oxygens (including phenoxy) is 2. The number of hydrogen-bond acceptors (Lipinski definition) is 6. The number of alkyl halides is 3. The average molecular weight is 464 g/mol. The molecule has 2 heterocycles. The number of benzene rings is 1. The van der Waals surface area contributed by atoms with Crippen LogP contribution in [0.5, 0.6) is 11.6 Å². The van der Waals surface area contributed by atoms with Gasteiger partial charge in [0.25, 0.3) is 6.02 Å². The van der Waals surface area contributed by atoms with E-state index >= 15 is 0 Å². The second-order valence-corrected chi connectivity index (χ2v) is 6.96. The minimum atomic E-state index is -4.77. The highest BCUT2D eigenvalue weighted by Crippen LogP contribution is 2.42. The molecule has 1 aliphatic rings. The smallest absolute Gasteiger partial charge is 0.425 e. The molecule has 1 aliphatic heterocycles. The SMILES string of the molecule is NC1=N[C@](CO)(c2cc(Oc3cc(Br)ccn3)ccc2F)C[C@@H](C(F)(F)F)O1. The Hall–Kier alpha value is -2.40. The van der Waals surface area contributed by atoms with E-state index < -0.39 is 42.7 Å². The highest BCUT2D eigenvalue weighted by atomic mass is 79.9. The van der Waals surface area contributed by atoms with Gasteiger partial charge in [-0.2, -0.15) is 13.2 Å². The number of aromatic nitrogens is 1. The fourth-order valence-electron chi connectivity index (χ4n) is 2.80. The summed E-state index contributed by atoms with van der Waals surface area (Å²) in [5.74, 6) is -0.602. The molecule has 11 heteroatoms. The van der Waals surface area contributed by atoms with E-state index in [1.54, 1.807) is 12.1 Å². The molecule has 2 aromatic rings. The van der Waals surface area contributed by atoms with Gasteiger partial charge >= 0.3 is 6.18 Å². The van der Waals surface area contributed by atoms with Crippen molar-refractivity contribution >= 4 is 22.0 Å². The summed E-state index contributed by atoms with van der Waals surface area (Å²) in [6.45, 7) is -0.918. The van der Waals surface area contributed by atoms with Crippen LogP contribution in [0.1, 0.15) is 12.0 Å². The fraction of sp³-hybridized carbons (Fsp3) is 0.294. The van der Waals surface area contributed by atoms with Crippen LogP contribution in [0.4, 0.5) is 17.6 Å². The first kappa shape index (κ1) is 20.3. The maximum atomic E-state index is 14.5. The molecule has 3 N–H and O–H groups in total. The van der Waals surface area contributed by atoms with Crippen LogP contribution in [-0.2, 0) is 10.3 Å². The van der Waals surface area contributed by atoms with Crippen LogP contribution in [0.3, 0.4) is 0 Å². The highest BCUT2D eigenvalue weighted by molar-refractivity contribution is 9.10. The molecule has 28 heavy (non-hydrogen) atoms. The van der Waals surface area contributed by atoms with Crippen LogP contribution in [-0.4, -0.2) is 35.0 Å². The molecule has 0 unspecified atom stereocenters. The van der Waals surface area contributed by atoms with Crippen molar-refractivity contribution in [3.05, 3.63) is 52.4 Å². The number of nitrogens with two attached hydrogens (primary N) is 1. The predicted octanol–water partition coefficient (Wildman–Crippen LogP) is 3.63. The predicted molar refractivity (Wildman–Crippen MR) is 94.3 cm³/mol. The first-order valence-corrected chi connectivity index (χ1v) is 8.71. The molecule has 3 rings (SSSR count). The van der Waals surface area contributed by atoms with E-state index in [4.69, 9.17) is 10.5 Å². The second-order valence-electron chi connectivity index (χ2n) is 6.05. The lowest BCUT2D eigenvalue weighted by Gasteiger charge is -2.37. The Morgan fingerprint density at radius 2 is 2.07 bits per heavy atom. The zero-order valence-corrected chi connectivity index (χ0v) is 15.7. The Morgan fingerprint density at radius 1 is 1.32 bits per heavy atom. The van der Waals surface area contributed by atoms with Crippen molar-refractivity contribution < 1.29 is 32.1 Å². The van der Waals surface area contributed by atoms with Crippen LogP contribution in [0.15, 0.2) is 46.0 Å². The van der Waals surface area contributed by atoms with Gasteiger partial charge in [0.15, 0.2) is 6.10 Å². The fourth-order valence-corrected chi connectivity index (χ4v) is 3.12. The molecule has 0 amide bonds. The van der Waals surface area contributed by atoms with E-state index in [2.05, 4.69) is 30.6 Å². The van der Waals surface area contributed by atoms with Crippen molar-refractivity contribution in [3.8, 4) is 11.6 Å². The third kappa shape index (κ3) is 4.20. The summed E-state index contributed by atoms with van der Waals surface area (Å²) in [7, 11) is 0. The number of hydrogen-bond donors (Lipinski definition) is 2. The van der Waals surface area contributed by atoms with Gasteiger partial charge in [0.2, 0.25) is 5.88 Å². The maximum absolute atomic E-state index is 14.5. The first-order valence-electron chi connectivity index (χ1n) is 7.92. The molecule has 0 aliphatic carbocycles. The first-order chi connectivity index (χ1) is 13.1. The summed E-state index contributed by atoms with van der Waals surface area (Å²) in [5.41, 5.74) is 3.11. The van der Waals surface area contributed by atoms with E-state index in [0.29, 0.717) is 4.47 Å². The van der Waals surface area contributed by atoms with Crippen LogP contribution >= 0.6 is 15.9 Å². The monoisotopic (exact) mass is 463 g/mol. The molecule has 0 saturated carbocycles. The largest absolute Gasteiger partial charge is 0.452 e. The minimum Gasteiger partial charge on any atom is -0.452 e. The number of aliphatic hydroxyl groups excluding tert-OH is 1. The molecule has 0 radical (unpaired) electrons. The number of nitrogens with zero attached hydrogens (tertiary/aromatic N) is 2. The van der Waals surface area contributed by atoms with Crippen molar-refractivity contribution in [2.45, 2.75) is 24.2 Å². The van der Waals surface area contributed by atoms with Gasteiger partial charge < -0.3 is 20.3 Å². The van der Waals surface area contributed by atoms with Crippen LogP contribution < -0.4 is 10.5 Å². The molecular formula is C17H14BrF4N3O3. The van der Waals surface area contributed by atoms with Gasteiger partial charge in [-0.1, -0.05) is 15.9 Å². The average Bonchev–Trinajstić information content (AvgIpc) is 2.62. The quantitative estimate of drug-likeness (QED) is 0.675. The third-order valence-corrected chi connectivity index (χ3v) is 4.59. The number of aliphatic imine (C=N–C) groups is 1. The molecule has 0 bridgehead atoms. The van der Waals surface area contributed by atoms with Gasteiger partial charge in [0.1, 0.15) is 17.1 Å². The van der Waals surface area contributed by atoms with Crippen molar-refractivity contribution in [1.82, 2.24) is 4.98 Å². The van der Waals surface area contributed by atoms with Gasteiger partial charge in [-0.15, -0.1) is 0 Å². The van der Waals surface area contributed by atoms with Gasteiger partial charge in [-0.3, -0.25) is 0 Å². The topological polar surface area (TPSA) is 90.0 Å².